The highest BCUT2D eigenvalue weighted by molar-refractivity contribution is 5.79. The Labute approximate surface area is 147 Å². The third-order valence-electron chi connectivity index (χ3n) is 4.76. The molecule has 1 saturated heterocycles. The Balaban J connectivity index is 1.69. The number of rotatable bonds is 4. The summed E-state index contributed by atoms with van der Waals surface area (Å²) in [7, 11) is 0. The summed E-state index contributed by atoms with van der Waals surface area (Å²) >= 11 is 0. The Bertz CT molecular complexity index is 757. The average molecular weight is 345 g/mol. The van der Waals surface area contributed by atoms with Gasteiger partial charge in [-0.25, -0.2) is 9.37 Å². The Hall–Kier alpha value is -2.37. The van der Waals surface area contributed by atoms with Crippen molar-refractivity contribution in [1.29, 1.82) is 0 Å². The van der Waals surface area contributed by atoms with Gasteiger partial charge < -0.3 is 14.6 Å². The first-order valence-electron chi connectivity index (χ1n) is 8.73. The Morgan fingerprint density at radius 2 is 2.24 bits per heavy atom. The molecule has 0 bridgehead atoms. The van der Waals surface area contributed by atoms with Gasteiger partial charge in [0.25, 0.3) is 0 Å². The second kappa shape index (κ2) is 7.25. The van der Waals surface area contributed by atoms with Gasteiger partial charge in [-0.1, -0.05) is 6.07 Å². The first kappa shape index (κ1) is 17.5. The van der Waals surface area contributed by atoms with Crippen molar-refractivity contribution in [2.45, 2.75) is 45.1 Å². The topological polar surface area (TPSA) is 58.4 Å². The van der Waals surface area contributed by atoms with Crippen LogP contribution >= 0.6 is 0 Å². The summed E-state index contributed by atoms with van der Waals surface area (Å²) in [6.07, 6.45) is 5.89. The van der Waals surface area contributed by atoms with Crippen molar-refractivity contribution in [3.8, 4) is 5.75 Å². The van der Waals surface area contributed by atoms with Gasteiger partial charge in [-0.2, -0.15) is 0 Å². The van der Waals surface area contributed by atoms with E-state index in [4.69, 9.17) is 0 Å². The number of phenols is 1. The number of carbonyl (C=O) groups is 1. The van der Waals surface area contributed by atoms with Crippen LogP contribution in [0.3, 0.4) is 0 Å². The third-order valence-corrected chi connectivity index (χ3v) is 4.76. The monoisotopic (exact) mass is 345 g/mol. The summed E-state index contributed by atoms with van der Waals surface area (Å²) in [6, 6.07) is 4.43. The lowest BCUT2D eigenvalue weighted by Crippen LogP contribution is -2.40. The van der Waals surface area contributed by atoms with Crippen LogP contribution in [-0.4, -0.2) is 38.6 Å². The van der Waals surface area contributed by atoms with Crippen molar-refractivity contribution in [3.63, 3.8) is 0 Å². The van der Waals surface area contributed by atoms with Crippen LogP contribution in [0.2, 0.25) is 0 Å². The molecular formula is C19H24FN3O2. The number of hydrogen-bond donors (Lipinski definition) is 1. The number of carbonyl (C=O) groups excluding carboxylic acids is 1. The molecule has 1 aromatic heterocycles. The molecule has 2 aromatic rings. The van der Waals surface area contributed by atoms with E-state index in [-0.39, 0.29) is 18.2 Å². The minimum Gasteiger partial charge on any atom is -0.505 e. The first-order valence-corrected chi connectivity index (χ1v) is 8.73. The molecule has 1 N–H and O–H groups in total. The number of imidazole rings is 1. The third kappa shape index (κ3) is 3.83. The molecule has 1 fully saturated rings. The molecule has 1 aromatic carbocycles. The highest BCUT2D eigenvalue weighted by Gasteiger charge is 2.27. The number of nitrogens with zero attached hydrogens (tertiary/aromatic N) is 3. The molecule has 0 radical (unpaired) electrons. The number of halogens is 1. The molecule has 0 saturated carbocycles. The van der Waals surface area contributed by atoms with Crippen molar-refractivity contribution in [3.05, 3.63) is 47.8 Å². The van der Waals surface area contributed by atoms with E-state index in [0.717, 1.165) is 25.2 Å². The van der Waals surface area contributed by atoms with E-state index in [1.54, 1.807) is 6.07 Å². The zero-order valence-electron chi connectivity index (χ0n) is 14.7. The second-order valence-electron chi connectivity index (χ2n) is 6.93. The lowest BCUT2D eigenvalue weighted by atomic mass is 9.96. The van der Waals surface area contributed by atoms with Crippen LogP contribution in [0.4, 0.5) is 4.39 Å². The number of likely N-dealkylation sites (tertiary alicyclic amines) is 1. The highest BCUT2D eigenvalue weighted by atomic mass is 19.1. The van der Waals surface area contributed by atoms with E-state index in [1.807, 2.05) is 17.3 Å². The standard InChI is InChI=1S/C19H24FN3O2/c1-13(2)23-9-7-21-19(23)15-4-3-8-22(12-15)18(25)11-14-5-6-17(24)16(20)10-14/h5-7,9-10,13,15,24H,3-4,8,11-12H2,1-2H3/t15-/m1/s1. The van der Waals surface area contributed by atoms with Gasteiger partial charge in [-0.3, -0.25) is 4.79 Å². The van der Waals surface area contributed by atoms with Crippen LogP contribution < -0.4 is 0 Å². The van der Waals surface area contributed by atoms with E-state index in [9.17, 15) is 14.3 Å². The largest absolute Gasteiger partial charge is 0.505 e. The molecule has 134 valence electrons. The van der Waals surface area contributed by atoms with E-state index >= 15 is 0 Å². The van der Waals surface area contributed by atoms with E-state index < -0.39 is 11.6 Å². The van der Waals surface area contributed by atoms with Crippen LogP contribution in [0, 0.1) is 5.82 Å². The first-order chi connectivity index (χ1) is 12.0. The summed E-state index contributed by atoms with van der Waals surface area (Å²) in [5, 5.41) is 9.26. The summed E-state index contributed by atoms with van der Waals surface area (Å²) in [4.78, 5) is 19.0. The molecule has 1 aliphatic heterocycles. The van der Waals surface area contributed by atoms with Crippen LogP contribution in [-0.2, 0) is 11.2 Å². The van der Waals surface area contributed by atoms with Crippen molar-refractivity contribution >= 4 is 5.91 Å². The number of phenolic OH excluding ortho intramolecular Hbond substituents is 1. The molecule has 3 rings (SSSR count). The number of hydrogen-bond acceptors (Lipinski definition) is 3. The van der Waals surface area contributed by atoms with Gasteiger partial charge in [0.2, 0.25) is 5.91 Å². The van der Waals surface area contributed by atoms with Gasteiger partial charge >= 0.3 is 0 Å². The number of amides is 1. The highest BCUT2D eigenvalue weighted by Crippen LogP contribution is 2.28. The van der Waals surface area contributed by atoms with Crippen LogP contribution in [0.1, 0.15) is 50.0 Å². The van der Waals surface area contributed by atoms with Gasteiger partial charge in [0.15, 0.2) is 11.6 Å². The maximum absolute atomic E-state index is 13.5. The summed E-state index contributed by atoms with van der Waals surface area (Å²) in [5.41, 5.74) is 0.575. The number of aromatic nitrogens is 2. The van der Waals surface area contributed by atoms with Crippen molar-refractivity contribution < 1.29 is 14.3 Å². The SMILES string of the molecule is CC(C)n1ccnc1[C@@H]1CCCN(C(=O)Cc2ccc(O)c(F)c2)C1. The Morgan fingerprint density at radius 1 is 1.44 bits per heavy atom. The predicted octanol–water partition coefficient (Wildman–Crippen LogP) is 3.26. The van der Waals surface area contributed by atoms with Gasteiger partial charge in [-0.15, -0.1) is 0 Å². The van der Waals surface area contributed by atoms with Gasteiger partial charge in [-0.05, 0) is 44.4 Å². The van der Waals surface area contributed by atoms with Crippen LogP contribution in [0.15, 0.2) is 30.6 Å². The molecule has 2 heterocycles. The predicted molar refractivity (Wildman–Crippen MR) is 92.9 cm³/mol. The molecule has 5 nitrogen and oxygen atoms in total. The van der Waals surface area contributed by atoms with Gasteiger partial charge in [0.05, 0.1) is 6.42 Å². The molecule has 1 aliphatic rings. The summed E-state index contributed by atoms with van der Waals surface area (Å²) < 4.78 is 15.6. The number of aromatic hydroxyl groups is 1. The Kier molecular flexibility index (Phi) is 5.06. The molecule has 0 aliphatic carbocycles. The van der Waals surface area contributed by atoms with E-state index in [1.165, 1.54) is 12.1 Å². The molecule has 0 unspecified atom stereocenters. The maximum Gasteiger partial charge on any atom is 0.227 e. The molecule has 6 heteroatoms. The molecule has 1 amide bonds. The minimum atomic E-state index is -0.694. The van der Waals surface area contributed by atoms with Gasteiger partial charge in [0.1, 0.15) is 5.82 Å². The number of benzene rings is 1. The second-order valence-corrected chi connectivity index (χ2v) is 6.93. The Morgan fingerprint density at radius 3 is 2.96 bits per heavy atom. The average Bonchev–Trinajstić information content (AvgIpc) is 3.08. The van der Waals surface area contributed by atoms with Crippen LogP contribution in [0.25, 0.3) is 0 Å². The van der Waals surface area contributed by atoms with Crippen molar-refractivity contribution in [1.82, 2.24) is 14.5 Å². The van der Waals surface area contributed by atoms with Crippen molar-refractivity contribution in [2.24, 2.45) is 0 Å². The molecule has 25 heavy (non-hydrogen) atoms. The molecule has 0 spiro atoms. The molecular weight excluding hydrogens is 321 g/mol. The lowest BCUT2D eigenvalue weighted by molar-refractivity contribution is -0.131. The quantitative estimate of drug-likeness (QED) is 0.925. The lowest BCUT2D eigenvalue weighted by Gasteiger charge is -2.33. The summed E-state index contributed by atoms with van der Waals surface area (Å²) in [6.45, 7) is 5.61. The van der Waals surface area contributed by atoms with Crippen molar-refractivity contribution in [2.75, 3.05) is 13.1 Å². The zero-order chi connectivity index (χ0) is 18.0. The fraction of sp³-hybridized carbons (Fsp3) is 0.474. The fourth-order valence-electron chi connectivity index (χ4n) is 3.44. The fourth-order valence-corrected chi connectivity index (χ4v) is 3.44. The van der Waals surface area contributed by atoms with E-state index in [0.29, 0.717) is 18.2 Å². The minimum absolute atomic E-state index is 0.0163. The van der Waals surface area contributed by atoms with E-state index in [2.05, 4.69) is 23.4 Å². The normalized spacial score (nSPS) is 17.9. The zero-order valence-corrected chi connectivity index (χ0v) is 14.7. The number of piperidine rings is 1. The van der Waals surface area contributed by atoms with Gasteiger partial charge in [0, 0.05) is 37.4 Å². The smallest absolute Gasteiger partial charge is 0.227 e. The van der Waals surface area contributed by atoms with Crippen LogP contribution in [0.5, 0.6) is 5.75 Å². The molecule has 1 atom stereocenters. The summed E-state index contributed by atoms with van der Waals surface area (Å²) in [5.74, 6) is 0.155. The maximum atomic E-state index is 13.5.